The number of hydrogen-bond donors (Lipinski definition) is 1. The number of hydrogen-bond acceptors (Lipinski definition) is 4. The van der Waals surface area contributed by atoms with E-state index in [0.29, 0.717) is 22.6 Å². The summed E-state index contributed by atoms with van der Waals surface area (Å²) >= 11 is 0. The molecule has 0 radical (unpaired) electrons. The molecule has 164 valence electrons. The smallest absolute Gasteiger partial charge is 0.384 e. The van der Waals surface area contributed by atoms with Crippen molar-refractivity contribution in [3.8, 4) is 11.8 Å². The summed E-state index contributed by atoms with van der Waals surface area (Å²) in [6.45, 7) is 2.10. The van der Waals surface area contributed by atoms with E-state index in [9.17, 15) is 22.4 Å². The lowest BCUT2D eigenvalue weighted by molar-refractivity contribution is -0.182. The number of aromatic nitrogens is 3. The highest BCUT2D eigenvalue weighted by Crippen LogP contribution is 2.37. The lowest BCUT2D eigenvalue weighted by Gasteiger charge is -2.32. The number of benzene rings is 1. The van der Waals surface area contributed by atoms with E-state index in [-0.39, 0.29) is 18.3 Å². The number of carbonyl (C=O) groups excluding carboxylic acids is 1. The Morgan fingerprint density at radius 1 is 1.12 bits per heavy atom. The number of nitrogens with zero attached hydrogens (tertiary/aromatic N) is 4. The number of alkyl halides is 4. The Hall–Kier alpha value is -3.87. The van der Waals surface area contributed by atoms with Crippen molar-refractivity contribution in [3.63, 3.8) is 0 Å². The molecule has 2 N–H and O–H groups in total. The van der Waals surface area contributed by atoms with Crippen LogP contribution in [0.4, 0.5) is 29.1 Å². The van der Waals surface area contributed by atoms with Crippen molar-refractivity contribution in [2.24, 2.45) is 0 Å². The monoisotopic (exact) mass is 443 g/mol. The maximum Gasteiger partial charge on any atom is 0.423 e. The Kier molecular flexibility index (Phi) is 5.34. The summed E-state index contributed by atoms with van der Waals surface area (Å²) in [5, 5.41) is 4.26. The maximum absolute atomic E-state index is 13.6. The molecule has 0 bridgehead atoms. The Bertz CT molecular complexity index is 1210. The molecule has 10 heteroatoms. The van der Waals surface area contributed by atoms with Gasteiger partial charge in [0.2, 0.25) is 6.17 Å². The first-order valence-corrected chi connectivity index (χ1v) is 9.59. The molecule has 0 fully saturated rings. The van der Waals surface area contributed by atoms with E-state index >= 15 is 0 Å². The lowest BCUT2D eigenvalue weighted by atomic mass is 10.1. The molecule has 3 aromatic rings. The second-order valence-corrected chi connectivity index (χ2v) is 7.33. The molecule has 1 aliphatic heterocycles. The molecular formula is C22H17F4N5O. The molecule has 32 heavy (non-hydrogen) atoms. The first kappa shape index (κ1) is 21.4. The predicted molar refractivity (Wildman–Crippen MR) is 110 cm³/mol. The number of halogens is 4. The minimum atomic E-state index is -4.99. The number of anilines is 2. The van der Waals surface area contributed by atoms with Gasteiger partial charge in [-0.2, -0.15) is 18.3 Å². The van der Waals surface area contributed by atoms with Gasteiger partial charge in [0.1, 0.15) is 11.5 Å². The summed E-state index contributed by atoms with van der Waals surface area (Å²) in [6.07, 6.45) is -5.07. The average molecular weight is 443 g/mol. The molecule has 1 unspecified atom stereocenters. The van der Waals surface area contributed by atoms with Crippen LogP contribution in [0.25, 0.3) is 0 Å². The van der Waals surface area contributed by atoms with Crippen LogP contribution in [0, 0.1) is 11.8 Å². The van der Waals surface area contributed by atoms with Gasteiger partial charge in [-0.3, -0.25) is 9.48 Å². The van der Waals surface area contributed by atoms with E-state index in [4.69, 9.17) is 5.73 Å². The second-order valence-electron chi connectivity index (χ2n) is 7.33. The molecule has 0 saturated heterocycles. The molecule has 4 rings (SSSR count). The first-order chi connectivity index (χ1) is 15.1. The molecule has 0 spiro atoms. The Balaban J connectivity index is 1.63. The summed E-state index contributed by atoms with van der Waals surface area (Å²) < 4.78 is 53.0. The average Bonchev–Trinajstić information content (AvgIpc) is 3.20. The molecule has 1 amide bonds. The Labute approximate surface area is 180 Å². The molecule has 2 aromatic heterocycles. The number of nitrogens with two attached hydrogens (primary N) is 1. The maximum atomic E-state index is 13.6. The van der Waals surface area contributed by atoms with Gasteiger partial charge in [0.05, 0.1) is 17.8 Å². The number of rotatable bonds is 2. The van der Waals surface area contributed by atoms with Crippen LogP contribution in [-0.4, -0.2) is 33.4 Å². The molecule has 1 aromatic carbocycles. The molecule has 1 aliphatic rings. The zero-order valence-electron chi connectivity index (χ0n) is 16.8. The van der Waals surface area contributed by atoms with E-state index in [1.807, 2.05) is 6.92 Å². The fourth-order valence-corrected chi connectivity index (χ4v) is 3.41. The topological polar surface area (TPSA) is 77.0 Å². The van der Waals surface area contributed by atoms with E-state index in [1.54, 1.807) is 16.8 Å². The normalized spacial score (nSPS) is 16.8. The number of fused-ring (bicyclic) bond motifs is 1. The standard InChI is InChI=1S/C22H17F4N5O/c1-13-12-30(17-7-5-15(6-8-17)20(23)22(24,25)26)21(32)19-16(11-29-31(13)19)4-2-14-3-9-18(27)28-10-14/h3,5-11,13,20H,12H2,1H3,(H2,27,28)/t13-,20?/m0/s1. The summed E-state index contributed by atoms with van der Waals surface area (Å²) in [5.41, 5.74) is 6.67. The van der Waals surface area contributed by atoms with Crippen molar-refractivity contribution in [2.45, 2.75) is 25.3 Å². The Morgan fingerprint density at radius 3 is 2.47 bits per heavy atom. The highest BCUT2D eigenvalue weighted by atomic mass is 19.4. The van der Waals surface area contributed by atoms with Crippen molar-refractivity contribution in [1.82, 2.24) is 14.8 Å². The highest BCUT2D eigenvalue weighted by molar-refractivity contribution is 6.07. The summed E-state index contributed by atoms with van der Waals surface area (Å²) in [6, 6.07) is 7.77. The van der Waals surface area contributed by atoms with Gasteiger partial charge in [0, 0.05) is 24.0 Å². The van der Waals surface area contributed by atoms with Crippen molar-refractivity contribution >= 4 is 17.4 Å². The number of pyridine rings is 1. The van der Waals surface area contributed by atoms with Crippen LogP contribution in [0.2, 0.25) is 0 Å². The van der Waals surface area contributed by atoms with Crippen LogP contribution in [0.15, 0.2) is 48.8 Å². The van der Waals surface area contributed by atoms with Gasteiger partial charge in [0.25, 0.3) is 5.91 Å². The molecule has 6 nitrogen and oxygen atoms in total. The molecule has 2 atom stereocenters. The predicted octanol–water partition coefficient (Wildman–Crippen LogP) is 4.05. The van der Waals surface area contributed by atoms with Gasteiger partial charge in [-0.05, 0) is 36.8 Å². The minimum Gasteiger partial charge on any atom is -0.384 e. The van der Waals surface area contributed by atoms with Crippen LogP contribution in [0.3, 0.4) is 0 Å². The van der Waals surface area contributed by atoms with Crippen molar-refractivity contribution < 1.29 is 22.4 Å². The van der Waals surface area contributed by atoms with Crippen molar-refractivity contribution in [2.75, 3.05) is 17.2 Å². The zero-order valence-corrected chi connectivity index (χ0v) is 16.8. The SMILES string of the molecule is C[C@H]1CN(c2ccc(C(F)C(F)(F)F)cc2)C(=O)c2c(C#Cc3ccc(N)nc3)cnn21. The van der Waals surface area contributed by atoms with Crippen LogP contribution in [-0.2, 0) is 0 Å². The fourth-order valence-electron chi connectivity index (χ4n) is 3.41. The van der Waals surface area contributed by atoms with Crippen LogP contribution in [0.1, 0.15) is 46.3 Å². The molecule has 3 heterocycles. The van der Waals surface area contributed by atoms with Crippen LogP contribution >= 0.6 is 0 Å². The van der Waals surface area contributed by atoms with Crippen molar-refractivity contribution in [3.05, 3.63) is 71.2 Å². The largest absolute Gasteiger partial charge is 0.423 e. The molecular weight excluding hydrogens is 426 g/mol. The van der Waals surface area contributed by atoms with Crippen LogP contribution < -0.4 is 10.6 Å². The van der Waals surface area contributed by atoms with Crippen molar-refractivity contribution in [1.29, 1.82) is 0 Å². The number of amides is 1. The van der Waals surface area contributed by atoms with Gasteiger partial charge in [0.15, 0.2) is 0 Å². The van der Waals surface area contributed by atoms with Gasteiger partial charge in [-0.1, -0.05) is 24.0 Å². The number of carbonyl (C=O) groups is 1. The zero-order chi connectivity index (χ0) is 23.0. The van der Waals surface area contributed by atoms with E-state index < -0.39 is 23.8 Å². The molecule has 0 aliphatic carbocycles. The van der Waals surface area contributed by atoms with E-state index in [2.05, 4.69) is 21.9 Å². The third-order valence-electron chi connectivity index (χ3n) is 5.02. The first-order valence-electron chi connectivity index (χ1n) is 9.59. The quantitative estimate of drug-likeness (QED) is 0.479. The summed E-state index contributed by atoms with van der Waals surface area (Å²) in [4.78, 5) is 18.6. The van der Waals surface area contributed by atoms with E-state index in [0.717, 1.165) is 12.1 Å². The summed E-state index contributed by atoms with van der Waals surface area (Å²) in [7, 11) is 0. The van der Waals surface area contributed by atoms with Crippen LogP contribution in [0.5, 0.6) is 0 Å². The van der Waals surface area contributed by atoms with Gasteiger partial charge in [-0.15, -0.1) is 0 Å². The molecule has 0 saturated carbocycles. The third-order valence-corrected chi connectivity index (χ3v) is 5.02. The van der Waals surface area contributed by atoms with Gasteiger partial charge >= 0.3 is 6.18 Å². The number of nitrogen functional groups attached to an aromatic ring is 1. The van der Waals surface area contributed by atoms with Gasteiger partial charge < -0.3 is 10.6 Å². The van der Waals surface area contributed by atoms with Gasteiger partial charge in [-0.25, -0.2) is 9.37 Å². The van der Waals surface area contributed by atoms with E-state index in [1.165, 1.54) is 29.4 Å². The third kappa shape index (κ3) is 4.01. The Morgan fingerprint density at radius 2 is 1.84 bits per heavy atom. The summed E-state index contributed by atoms with van der Waals surface area (Å²) in [5.74, 6) is 5.78. The second kappa shape index (κ2) is 8.00. The lowest BCUT2D eigenvalue weighted by Crippen LogP contribution is -2.43. The fraction of sp³-hybridized carbons (Fsp3) is 0.227. The minimum absolute atomic E-state index is 0.208. The highest BCUT2D eigenvalue weighted by Gasteiger charge is 2.41.